The Balaban J connectivity index is 1.83. The molecular formula is C18H18ClNO3. The molecule has 1 saturated carbocycles. The molecule has 0 saturated heterocycles. The zero-order valence-electron chi connectivity index (χ0n) is 13.1. The summed E-state index contributed by atoms with van der Waals surface area (Å²) < 4.78 is 10.4. The number of rotatable bonds is 5. The Morgan fingerprint density at radius 3 is 2.09 bits per heavy atom. The Morgan fingerprint density at radius 1 is 1.04 bits per heavy atom. The van der Waals surface area contributed by atoms with Crippen LogP contribution in [0.1, 0.15) is 28.8 Å². The molecule has 0 aromatic heterocycles. The molecule has 0 spiro atoms. The predicted octanol–water partition coefficient (Wildman–Crippen LogP) is 3.78. The lowest BCUT2D eigenvalue weighted by molar-refractivity contribution is 0.0930. The molecule has 5 heteroatoms. The number of benzene rings is 2. The van der Waals surface area contributed by atoms with Crippen LogP contribution in [0.25, 0.3) is 0 Å². The quantitative estimate of drug-likeness (QED) is 0.907. The molecule has 23 heavy (non-hydrogen) atoms. The van der Waals surface area contributed by atoms with Crippen molar-refractivity contribution in [1.82, 2.24) is 5.32 Å². The third-order valence-electron chi connectivity index (χ3n) is 4.11. The van der Waals surface area contributed by atoms with Crippen LogP contribution in [0.3, 0.4) is 0 Å². The van der Waals surface area contributed by atoms with Gasteiger partial charge in [0.15, 0.2) is 0 Å². The smallest absolute Gasteiger partial charge is 0.252 e. The van der Waals surface area contributed by atoms with Crippen molar-refractivity contribution in [1.29, 1.82) is 0 Å². The monoisotopic (exact) mass is 331 g/mol. The molecule has 4 nitrogen and oxygen atoms in total. The summed E-state index contributed by atoms with van der Waals surface area (Å²) in [7, 11) is 3.12. The highest BCUT2D eigenvalue weighted by Gasteiger charge is 2.45. The second-order valence-electron chi connectivity index (χ2n) is 5.64. The molecule has 1 N–H and O–H groups in total. The van der Waals surface area contributed by atoms with E-state index in [1.165, 1.54) is 0 Å². The summed E-state index contributed by atoms with van der Waals surface area (Å²) in [6.45, 7) is 0. The first-order valence-electron chi connectivity index (χ1n) is 7.38. The Kier molecular flexibility index (Phi) is 4.18. The number of hydrogen-bond acceptors (Lipinski definition) is 3. The molecule has 0 atom stereocenters. The highest BCUT2D eigenvalue weighted by atomic mass is 35.5. The molecule has 1 amide bonds. The van der Waals surface area contributed by atoms with Gasteiger partial charge in [0.2, 0.25) is 0 Å². The van der Waals surface area contributed by atoms with Gasteiger partial charge in [0, 0.05) is 16.7 Å². The predicted molar refractivity (Wildman–Crippen MR) is 89.4 cm³/mol. The third-order valence-corrected chi connectivity index (χ3v) is 4.37. The zero-order valence-corrected chi connectivity index (χ0v) is 13.8. The van der Waals surface area contributed by atoms with Crippen molar-refractivity contribution in [2.24, 2.45) is 0 Å². The topological polar surface area (TPSA) is 47.6 Å². The summed E-state index contributed by atoms with van der Waals surface area (Å²) in [4.78, 5) is 12.6. The lowest BCUT2D eigenvalue weighted by atomic mass is 10.0. The number of amides is 1. The van der Waals surface area contributed by atoms with Gasteiger partial charge in [-0.05, 0) is 42.7 Å². The van der Waals surface area contributed by atoms with Gasteiger partial charge in [0.05, 0.1) is 19.8 Å². The van der Waals surface area contributed by atoms with Crippen LogP contribution in [0.4, 0.5) is 0 Å². The van der Waals surface area contributed by atoms with Crippen LogP contribution in [-0.2, 0) is 5.54 Å². The van der Waals surface area contributed by atoms with Crippen LogP contribution < -0.4 is 14.8 Å². The molecule has 1 aliphatic rings. The van der Waals surface area contributed by atoms with E-state index in [-0.39, 0.29) is 11.4 Å². The molecule has 0 aliphatic heterocycles. The highest BCUT2D eigenvalue weighted by molar-refractivity contribution is 6.30. The van der Waals surface area contributed by atoms with Gasteiger partial charge >= 0.3 is 0 Å². The van der Waals surface area contributed by atoms with Crippen LogP contribution in [0, 0.1) is 0 Å². The van der Waals surface area contributed by atoms with Crippen molar-refractivity contribution in [2.75, 3.05) is 14.2 Å². The first-order chi connectivity index (χ1) is 11.1. The SMILES string of the molecule is COc1cc(OC)cc(C(=O)NC2(c3ccc(Cl)cc3)CC2)c1. The van der Waals surface area contributed by atoms with E-state index in [4.69, 9.17) is 21.1 Å². The van der Waals surface area contributed by atoms with Crippen LogP contribution in [-0.4, -0.2) is 20.1 Å². The Labute approximate surface area is 140 Å². The van der Waals surface area contributed by atoms with Gasteiger partial charge in [-0.3, -0.25) is 4.79 Å². The fourth-order valence-corrected chi connectivity index (χ4v) is 2.73. The van der Waals surface area contributed by atoms with Gasteiger partial charge in [-0.2, -0.15) is 0 Å². The van der Waals surface area contributed by atoms with Crippen molar-refractivity contribution >= 4 is 17.5 Å². The third kappa shape index (κ3) is 3.27. The van der Waals surface area contributed by atoms with E-state index in [9.17, 15) is 4.79 Å². The van der Waals surface area contributed by atoms with Crippen molar-refractivity contribution in [2.45, 2.75) is 18.4 Å². The van der Waals surface area contributed by atoms with Crippen molar-refractivity contribution in [3.05, 3.63) is 58.6 Å². The minimum atomic E-state index is -0.294. The molecule has 3 rings (SSSR count). The van der Waals surface area contributed by atoms with Crippen LogP contribution in [0.2, 0.25) is 5.02 Å². The van der Waals surface area contributed by atoms with E-state index in [1.807, 2.05) is 24.3 Å². The molecule has 0 radical (unpaired) electrons. The summed E-state index contributed by atoms with van der Waals surface area (Å²) in [6.07, 6.45) is 1.84. The standard InChI is InChI=1S/C18H18ClNO3/c1-22-15-9-12(10-16(11-15)23-2)17(21)20-18(7-8-18)13-3-5-14(19)6-4-13/h3-6,9-11H,7-8H2,1-2H3,(H,20,21). The number of halogens is 1. The first kappa shape index (κ1) is 15.7. The summed E-state index contributed by atoms with van der Waals surface area (Å²) in [5, 5.41) is 3.82. The zero-order chi connectivity index (χ0) is 16.4. The van der Waals surface area contributed by atoms with Crippen molar-refractivity contribution in [3.8, 4) is 11.5 Å². The Bertz CT molecular complexity index is 701. The molecular weight excluding hydrogens is 314 g/mol. The molecule has 1 aliphatic carbocycles. The molecule has 120 valence electrons. The fraction of sp³-hybridized carbons (Fsp3) is 0.278. The number of carbonyl (C=O) groups is 1. The number of nitrogens with one attached hydrogen (secondary N) is 1. The average Bonchev–Trinajstić information content (AvgIpc) is 3.35. The molecule has 0 heterocycles. The van der Waals surface area contributed by atoms with E-state index >= 15 is 0 Å². The van der Waals surface area contributed by atoms with Gasteiger partial charge in [-0.15, -0.1) is 0 Å². The minimum Gasteiger partial charge on any atom is -0.497 e. The Hall–Kier alpha value is -2.20. The second kappa shape index (κ2) is 6.13. The summed E-state index contributed by atoms with van der Waals surface area (Å²) in [6, 6.07) is 12.8. The number of methoxy groups -OCH3 is 2. The number of hydrogen-bond donors (Lipinski definition) is 1. The fourth-order valence-electron chi connectivity index (χ4n) is 2.61. The number of ether oxygens (including phenoxy) is 2. The summed E-state index contributed by atoms with van der Waals surface area (Å²) in [5.74, 6) is 1.03. The lowest BCUT2D eigenvalue weighted by Crippen LogP contribution is -2.34. The summed E-state index contributed by atoms with van der Waals surface area (Å²) in [5.41, 5.74) is 1.30. The number of carbonyl (C=O) groups excluding carboxylic acids is 1. The maximum absolute atomic E-state index is 12.6. The molecule has 2 aromatic carbocycles. The second-order valence-corrected chi connectivity index (χ2v) is 6.08. The van der Waals surface area contributed by atoms with E-state index in [1.54, 1.807) is 32.4 Å². The van der Waals surface area contributed by atoms with E-state index in [0.29, 0.717) is 22.1 Å². The summed E-state index contributed by atoms with van der Waals surface area (Å²) >= 11 is 5.94. The molecule has 0 bridgehead atoms. The molecule has 0 unspecified atom stereocenters. The van der Waals surface area contributed by atoms with Gasteiger partial charge in [0.25, 0.3) is 5.91 Å². The maximum atomic E-state index is 12.6. The Morgan fingerprint density at radius 2 is 1.61 bits per heavy atom. The van der Waals surface area contributed by atoms with E-state index < -0.39 is 0 Å². The van der Waals surface area contributed by atoms with E-state index in [0.717, 1.165) is 18.4 Å². The van der Waals surface area contributed by atoms with Crippen LogP contribution in [0.15, 0.2) is 42.5 Å². The van der Waals surface area contributed by atoms with Gasteiger partial charge in [-0.25, -0.2) is 0 Å². The van der Waals surface area contributed by atoms with Gasteiger partial charge < -0.3 is 14.8 Å². The van der Waals surface area contributed by atoms with E-state index in [2.05, 4.69) is 5.32 Å². The normalized spacial score (nSPS) is 14.9. The van der Waals surface area contributed by atoms with Crippen molar-refractivity contribution in [3.63, 3.8) is 0 Å². The van der Waals surface area contributed by atoms with Gasteiger partial charge in [0.1, 0.15) is 11.5 Å². The highest BCUT2D eigenvalue weighted by Crippen LogP contribution is 2.46. The van der Waals surface area contributed by atoms with Gasteiger partial charge in [-0.1, -0.05) is 23.7 Å². The molecule has 2 aromatic rings. The average molecular weight is 332 g/mol. The van der Waals surface area contributed by atoms with Crippen LogP contribution >= 0.6 is 11.6 Å². The first-order valence-corrected chi connectivity index (χ1v) is 7.76. The lowest BCUT2D eigenvalue weighted by Gasteiger charge is -2.18. The minimum absolute atomic E-state index is 0.144. The largest absolute Gasteiger partial charge is 0.497 e. The van der Waals surface area contributed by atoms with Crippen molar-refractivity contribution < 1.29 is 14.3 Å². The molecule has 1 fully saturated rings. The maximum Gasteiger partial charge on any atom is 0.252 e. The van der Waals surface area contributed by atoms with Crippen LogP contribution in [0.5, 0.6) is 11.5 Å².